The van der Waals surface area contributed by atoms with Gasteiger partial charge >= 0.3 is 0 Å². The van der Waals surface area contributed by atoms with Crippen LogP contribution >= 0.6 is 23.4 Å². The van der Waals surface area contributed by atoms with Gasteiger partial charge in [-0.3, -0.25) is 4.79 Å². The van der Waals surface area contributed by atoms with Crippen LogP contribution in [-0.2, 0) is 4.74 Å². The van der Waals surface area contributed by atoms with Crippen LogP contribution in [0.3, 0.4) is 0 Å². The van der Waals surface area contributed by atoms with Crippen molar-refractivity contribution in [2.75, 3.05) is 50.2 Å². The molecule has 7 nitrogen and oxygen atoms in total. The summed E-state index contributed by atoms with van der Waals surface area (Å²) in [5.41, 5.74) is 0.142. The van der Waals surface area contributed by atoms with Crippen LogP contribution in [0.5, 0.6) is 0 Å². The standard InChI is InChI=1S/C19H24ClN5O2S/c1-24(2)16-15(20)13(3-7-21-16)28-14-11-22-17(18(26)23-14)25-8-4-19(5-9-25)6-10-27-12-19/h3,7,11H,4-6,8-10,12H2,1-2H3,(H,23,26). The number of hydrogen-bond acceptors (Lipinski definition) is 7. The fourth-order valence-corrected chi connectivity index (χ4v) is 5.01. The summed E-state index contributed by atoms with van der Waals surface area (Å²) < 4.78 is 5.58. The van der Waals surface area contributed by atoms with E-state index in [2.05, 4.69) is 19.9 Å². The van der Waals surface area contributed by atoms with Crippen LogP contribution in [0.4, 0.5) is 11.6 Å². The molecule has 0 aromatic carbocycles. The summed E-state index contributed by atoms with van der Waals surface area (Å²) in [4.78, 5) is 29.1. The molecule has 0 radical (unpaired) electrons. The second-order valence-electron chi connectivity index (χ2n) is 7.63. The van der Waals surface area contributed by atoms with Gasteiger partial charge in [0.1, 0.15) is 5.82 Å². The van der Waals surface area contributed by atoms with Crippen molar-refractivity contribution < 1.29 is 4.74 Å². The molecule has 2 fully saturated rings. The summed E-state index contributed by atoms with van der Waals surface area (Å²) in [6.45, 7) is 3.39. The molecule has 150 valence electrons. The van der Waals surface area contributed by atoms with Crippen LogP contribution in [0.1, 0.15) is 19.3 Å². The van der Waals surface area contributed by atoms with Crippen molar-refractivity contribution in [3.63, 3.8) is 0 Å². The lowest BCUT2D eigenvalue weighted by molar-refractivity contribution is 0.133. The Morgan fingerprint density at radius 2 is 2.07 bits per heavy atom. The number of halogens is 1. The maximum absolute atomic E-state index is 12.7. The third-order valence-electron chi connectivity index (χ3n) is 5.53. The summed E-state index contributed by atoms with van der Waals surface area (Å²) in [5, 5.41) is 1.21. The van der Waals surface area contributed by atoms with E-state index in [9.17, 15) is 4.79 Å². The largest absolute Gasteiger partial charge is 0.381 e. The number of ether oxygens (including phenoxy) is 1. The van der Waals surface area contributed by atoms with E-state index in [0.29, 0.717) is 27.1 Å². The maximum atomic E-state index is 12.7. The normalized spacial score (nSPS) is 18.6. The molecule has 0 atom stereocenters. The Labute approximate surface area is 173 Å². The molecule has 4 heterocycles. The van der Waals surface area contributed by atoms with Gasteiger partial charge in [-0.05, 0) is 30.7 Å². The van der Waals surface area contributed by atoms with E-state index >= 15 is 0 Å². The molecule has 0 aliphatic carbocycles. The molecule has 9 heteroatoms. The minimum absolute atomic E-state index is 0.165. The Morgan fingerprint density at radius 1 is 1.29 bits per heavy atom. The van der Waals surface area contributed by atoms with E-state index in [1.807, 2.05) is 25.1 Å². The first-order valence-electron chi connectivity index (χ1n) is 9.39. The molecule has 1 spiro atoms. The molecule has 2 aromatic rings. The molecule has 2 saturated heterocycles. The molecule has 2 aliphatic heterocycles. The van der Waals surface area contributed by atoms with Gasteiger partial charge in [0.15, 0.2) is 5.82 Å². The van der Waals surface area contributed by atoms with Gasteiger partial charge in [-0.2, -0.15) is 0 Å². The number of anilines is 2. The predicted molar refractivity (Wildman–Crippen MR) is 112 cm³/mol. The van der Waals surface area contributed by atoms with Crippen LogP contribution in [-0.4, -0.2) is 55.4 Å². The maximum Gasteiger partial charge on any atom is 0.291 e. The van der Waals surface area contributed by atoms with Crippen LogP contribution < -0.4 is 15.4 Å². The predicted octanol–water partition coefficient (Wildman–Crippen LogP) is 3.04. The first kappa shape index (κ1) is 19.5. The second kappa shape index (κ2) is 7.93. The van der Waals surface area contributed by atoms with Crippen molar-refractivity contribution in [2.45, 2.75) is 29.2 Å². The zero-order chi connectivity index (χ0) is 19.7. The topological polar surface area (TPSA) is 74.4 Å². The quantitative estimate of drug-likeness (QED) is 0.813. The first-order chi connectivity index (χ1) is 13.5. The van der Waals surface area contributed by atoms with Crippen molar-refractivity contribution >= 4 is 35.0 Å². The van der Waals surface area contributed by atoms with Gasteiger partial charge in [-0.25, -0.2) is 9.97 Å². The highest BCUT2D eigenvalue weighted by molar-refractivity contribution is 7.99. The molecule has 4 rings (SSSR count). The van der Waals surface area contributed by atoms with Crippen molar-refractivity contribution in [1.82, 2.24) is 15.0 Å². The number of piperidine rings is 1. The second-order valence-corrected chi connectivity index (χ2v) is 9.09. The van der Waals surface area contributed by atoms with Crippen LogP contribution in [0, 0.1) is 5.41 Å². The lowest BCUT2D eigenvalue weighted by Crippen LogP contribution is -2.42. The number of hydrogen-bond donors (Lipinski definition) is 1. The third-order valence-corrected chi connectivity index (χ3v) is 7.00. The zero-order valence-electron chi connectivity index (χ0n) is 16.1. The first-order valence-corrected chi connectivity index (χ1v) is 10.6. The Morgan fingerprint density at radius 3 is 2.71 bits per heavy atom. The third kappa shape index (κ3) is 3.86. The Hall–Kier alpha value is -1.77. The highest BCUT2D eigenvalue weighted by Gasteiger charge is 2.38. The van der Waals surface area contributed by atoms with Crippen LogP contribution in [0.2, 0.25) is 5.02 Å². The lowest BCUT2D eigenvalue weighted by Gasteiger charge is -2.38. The minimum Gasteiger partial charge on any atom is -0.381 e. The fraction of sp³-hybridized carbons (Fsp3) is 0.526. The van der Waals surface area contributed by atoms with Crippen molar-refractivity contribution in [1.29, 1.82) is 0 Å². The summed E-state index contributed by atoms with van der Waals surface area (Å²) in [6, 6.07) is 1.83. The molecule has 1 N–H and O–H groups in total. The molecular formula is C19H24ClN5O2S. The number of pyridine rings is 1. The molecule has 0 saturated carbocycles. The molecule has 0 amide bonds. The zero-order valence-corrected chi connectivity index (χ0v) is 17.6. The number of nitrogens with zero attached hydrogens (tertiary/aromatic N) is 4. The average molecular weight is 422 g/mol. The number of aromatic nitrogens is 3. The summed E-state index contributed by atoms with van der Waals surface area (Å²) >= 11 is 7.83. The van der Waals surface area contributed by atoms with Crippen LogP contribution in [0.15, 0.2) is 33.2 Å². The smallest absolute Gasteiger partial charge is 0.291 e. The molecule has 2 aromatic heterocycles. The molecule has 2 aliphatic rings. The number of rotatable bonds is 4. The van der Waals surface area contributed by atoms with Gasteiger partial charge in [-0.15, -0.1) is 0 Å². The Kier molecular flexibility index (Phi) is 5.53. The number of nitrogens with one attached hydrogen (secondary N) is 1. The van der Waals surface area contributed by atoms with Gasteiger partial charge in [0, 0.05) is 44.9 Å². The van der Waals surface area contributed by atoms with E-state index in [-0.39, 0.29) is 5.56 Å². The highest BCUT2D eigenvalue weighted by Crippen LogP contribution is 2.40. The van der Waals surface area contributed by atoms with Gasteiger partial charge < -0.3 is 19.5 Å². The average Bonchev–Trinajstić information content (AvgIpc) is 3.12. The van der Waals surface area contributed by atoms with Gasteiger partial charge in [0.05, 0.1) is 22.9 Å². The molecule has 0 bridgehead atoms. The fourth-order valence-electron chi connectivity index (χ4n) is 3.82. The summed E-state index contributed by atoms with van der Waals surface area (Å²) in [6.07, 6.45) is 6.63. The minimum atomic E-state index is -0.165. The van der Waals surface area contributed by atoms with Crippen molar-refractivity contribution in [2.24, 2.45) is 5.41 Å². The monoisotopic (exact) mass is 421 g/mol. The van der Waals surface area contributed by atoms with E-state index in [1.165, 1.54) is 11.8 Å². The van der Waals surface area contributed by atoms with Gasteiger partial charge in [0.2, 0.25) is 0 Å². The summed E-state index contributed by atoms with van der Waals surface area (Å²) in [5.74, 6) is 1.18. The van der Waals surface area contributed by atoms with E-state index < -0.39 is 0 Å². The van der Waals surface area contributed by atoms with E-state index in [1.54, 1.807) is 12.4 Å². The highest BCUT2D eigenvalue weighted by atomic mass is 35.5. The van der Waals surface area contributed by atoms with Gasteiger partial charge in [-0.1, -0.05) is 23.4 Å². The number of H-pyrrole nitrogens is 1. The molecule has 0 unspecified atom stereocenters. The number of aromatic amines is 1. The van der Waals surface area contributed by atoms with Gasteiger partial charge in [0.25, 0.3) is 5.56 Å². The van der Waals surface area contributed by atoms with Crippen molar-refractivity contribution in [3.05, 3.63) is 33.8 Å². The molecular weight excluding hydrogens is 398 g/mol. The van der Waals surface area contributed by atoms with Crippen LogP contribution in [0.25, 0.3) is 0 Å². The Bertz CT molecular complexity index is 903. The molecule has 28 heavy (non-hydrogen) atoms. The summed E-state index contributed by atoms with van der Waals surface area (Å²) in [7, 11) is 3.78. The SMILES string of the molecule is CN(C)c1nccc(Sc2cnc(N3CCC4(CCOC4)CC3)c(=O)[nH]2)c1Cl. The van der Waals surface area contributed by atoms with E-state index in [0.717, 1.165) is 50.5 Å². The Balaban J connectivity index is 1.48. The van der Waals surface area contributed by atoms with Crippen molar-refractivity contribution in [3.8, 4) is 0 Å². The lowest BCUT2D eigenvalue weighted by atomic mass is 9.78. The van der Waals surface area contributed by atoms with E-state index in [4.69, 9.17) is 16.3 Å².